The average molecular weight is 164 g/mol. The van der Waals surface area contributed by atoms with Crippen molar-refractivity contribution in [3.05, 3.63) is 35.9 Å². The summed E-state index contributed by atoms with van der Waals surface area (Å²) < 4.78 is 0. The molecule has 3 nitrogen and oxygen atoms in total. The molecule has 0 fully saturated rings. The van der Waals surface area contributed by atoms with Crippen molar-refractivity contribution < 1.29 is 15.3 Å². The molecule has 3 N–H and O–H groups in total. The summed E-state index contributed by atoms with van der Waals surface area (Å²) in [6, 6.07) is 8.72. The summed E-state index contributed by atoms with van der Waals surface area (Å²) in [4.78, 5) is 0. The van der Waals surface area contributed by atoms with Gasteiger partial charge in [0.1, 0.15) is 0 Å². The fourth-order valence-corrected chi connectivity index (χ4v) is 0.678. The van der Waals surface area contributed by atoms with Crippen molar-refractivity contribution in [2.45, 2.75) is 5.97 Å². The summed E-state index contributed by atoms with van der Waals surface area (Å²) in [7, 11) is 0. The van der Waals surface area contributed by atoms with Gasteiger partial charge in [-0.15, -0.1) is 0 Å². The van der Waals surface area contributed by atoms with Gasteiger partial charge >= 0.3 is 5.97 Å². The molecule has 0 saturated heterocycles. The molecule has 0 atom stereocenters. The maximum absolute atomic E-state index is 8.42. The Bertz CT molecular complexity index is 300. The molecule has 0 aliphatic heterocycles. The summed E-state index contributed by atoms with van der Waals surface area (Å²) in [5, 5.41) is 25.2. The molecule has 12 heavy (non-hydrogen) atoms. The molecule has 0 bridgehead atoms. The Kier molecular flexibility index (Phi) is 2.46. The third-order valence-corrected chi connectivity index (χ3v) is 1.15. The molecule has 0 aliphatic rings. The van der Waals surface area contributed by atoms with Crippen LogP contribution in [-0.2, 0) is 0 Å². The van der Waals surface area contributed by atoms with Gasteiger partial charge in [-0.3, -0.25) is 0 Å². The maximum Gasteiger partial charge on any atom is 0.346 e. The SMILES string of the molecule is OC(O)(O)C#Cc1ccccc1. The molecule has 1 rings (SSSR count). The van der Waals surface area contributed by atoms with Gasteiger partial charge in [0.2, 0.25) is 0 Å². The van der Waals surface area contributed by atoms with Crippen LogP contribution < -0.4 is 0 Å². The lowest BCUT2D eigenvalue weighted by atomic mass is 10.2. The molecule has 0 aromatic heterocycles. The van der Waals surface area contributed by atoms with Gasteiger partial charge in [-0.2, -0.15) is 0 Å². The highest BCUT2D eigenvalue weighted by atomic mass is 16.7. The first-order valence-corrected chi connectivity index (χ1v) is 3.33. The predicted molar refractivity (Wildman–Crippen MR) is 42.7 cm³/mol. The van der Waals surface area contributed by atoms with Crippen LogP contribution in [0, 0.1) is 11.8 Å². The van der Waals surface area contributed by atoms with Gasteiger partial charge in [0.25, 0.3) is 0 Å². The molecule has 0 heterocycles. The van der Waals surface area contributed by atoms with Crippen molar-refractivity contribution in [3.8, 4) is 11.8 Å². The normalized spacial score (nSPS) is 10.2. The molecule has 62 valence electrons. The van der Waals surface area contributed by atoms with E-state index in [9.17, 15) is 0 Å². The minimum absolute atomic E-state index is 0.610. The summed E-state index contributed by atoms with van der Waals surface area (Å²) in [5.74, 6) is 1.33. The first-order valence-electron chi connectivity index (χ1n) is 3.33. The fourth-order valence-electron chi connectivity index (χ4n) is 0.678. The van der Waals surface area contributed by atoms with Crippen LogP contribution in [0.3, 0.4) is 0 Å². The molecule has 0 radical (unpaired) electrons. The van der Waals surface area contributed by atoms with Crippen molar-refractivity contribution >= 4 is 0 Å². The molecule has 1 aromatic carbocycles. The topological polar surface area (TPSA) is 60.7 Å². The zero-order valence-electron chi connectivity index (χ0n) is 6.23. The van der Waals surface area contributed by atoms with Crippen LogP contribution in [0.2, 0.25) is 0 Å². The lowest BCUT2D eigenvalue weighted by molar-refractivity contribution is -0.265. The lowest BCUT2D eigenvalue weighted by Gasteiger charge is -2.02. The van der Waals surface area contributed by atoms with Crippen molar-refractivity contribution in [1.82, 2.24) is 0 Å². The van der Waals surface area contributed by atoms with Gasteiger partial charge < -0.3 is 15.3 Å². The Balaban J connectivity index is 2.81. The van der Waals surface area contributed by atoms with Crippen molar-refractivity contribution in [1.29, 1.82) is 0 Å². The van der Waals surface area contributed by atoms with E-state index in [0.717, 1.165) is 0 Å². The smallest absolute Gasteiger partial charge is 0.333 e. The Morgan fingerprint density at radius 1 is 1.00 bits per heavy atom. The average Bonchev–Trinajstić information content (AvgIpc) is 2.02. The van der Waals surface area contributed by atoms with Crippen molar-refractivity contribution in [2.24, 2.45) is 0 Å². The molecular formula is C9H8O3. The van der Waals surface area contributed by atoms with Crippen molar-refractivity contribution in [3.63, 3.8) is 0 Å². The fraction of sp³-hybridized carbons (Fsp3) is 0.111. The minimum Gasteiger partial charge on any atom is -0.333 e. The van der Waals surface area contributed by atoms with Crippen LogP contribution in [-0.4, -0.2) is 21.3 Å². The van der Waals surface area contributed by atoms with Gasteiger partial charge in [0, 0.05) is 5.56 Å². The van der Waals surface area contributed by atoms with Gasteiger partial charge in [-0.05, 0) is 18.1 Å². The number of aliphatic hydroxyl groups is 3. The monoisotopic (exact) mass is 164 g/mol. The second-order valence-electron chi connectivity index (χ2n) is 2.25. The molecule has 0 unspecified atom stereocenters. The standard InChI is InChI=1S/C9H8O3/c10-9(11,12)7-6-8-4-2-1-3-5-8/h1-5,10-12H. The van der Waals surface area contributed by atoms with Crippen molar-refractivity contribution in [2.75, 3.05) is 0 Å². The summed E-state index contributed by atoms with van der Waals surface area (Å²) in [6.45, 7) is 0. The Morgan fingerprint density at radius 3 is 2.08 bits per heavy atom. The molecule has 0 saturated carbocycles. The van der Waals surface area contributed by atoms with Gasteiger partial charge in [-0.25, -0.2) is 0 Å². The summed E-state index contributed by atoms with van der Waals surface area (Å²) in [6.07, 6.45) is 0. The predicted octanol–water partition coefficient (Wildman–Crippen LogP) is -0.331. The highest BCUT2D eigenvalue weighted by molar-refractivity contribution is 5.34. The van der Waals surface area contributed by atoms with E-state index in [1.54, 1.807) is 24.3 Å². The Morgan fingerprint density at radius 2 is 1.58 bits per heavy atom. The van der Waals surface area contributed by atoms with Gasteiger partial charge in [-0.1, -0.05) is 24.1 Å². The first-order chi connectivity index (χ1) is 5.58. The van der Waals surface area contributed by atoms with E-state index in [0.29, 0.717) is 5.56 Å². The maximum atomic E-state index is 8.42. The highest BCUT2D eigenvalue weighted by Gasteiger charge is 2.11. The van der Waals surface area contributed by atoms with Crippen LogP contribution in [0.5, 0.6) is 0 Å². The third-order valence-electron chi connectivity index (χ3n) is 1.15. The second-order valence-corrected chi connectivity index (χ2v) is 2.25. The summed E-state index contributed by atoms with van der Waals surface area (Å²) in [5.41, 5.74) is 0.610. The third kappa shape index (κ3) is 3.17. The van der Waals surface area contributed by atoms with Crippen LogP contribution in [0.15, 0.2) is 30.3 Å². The molecule has 0 aliphatic carbocycles. The first kappa shape index (κ1) is 8.75. The van der Waals surface area contributed by atoms with E-state index in [-0.39, 0.29) is 0 Å². The zero-order valence-corrected chi connectivity index (χ0v) is 6.23. The van der Waals surface area contributed by atoms with E-state index < -0.39 is 5.97 Å². The Labute approximate surface area is 69.9 Å². The highest BCUT2D eigenvalue weighted by Crippen LogP contribution is 1.96. The largest absolute Gasteiger partial charge is 0.346 e. The van der Waals surface area contributed by atoms with E-state index in [1.165, 1.54) is 0 Å². The molecule has 1 aromatic rings. The quantitative estimate of drug-likeness (QED) is 0.363. The van der Waals surface area contributed by atoms with Crippen LogP contribution in [0.4, 0.5) is 0 Å². The van der Waals surface area contributed by atoms with Crippen LogP contribution >= 0.6 is 0 Å². The van der Waals surface area contributed by atoms with E-state index in [1.807, 2.05) is 12.0 Å². The van der Waals surface area contributed by atoms with Gasteiger partial charge in [0.15, 0.2) is 0 Å². The summed E-state index contributed by atoms with van der Waals surface area (Å²) >= 11 is 0. The van der Waals surface area contributed by atoms with E-state index in [4.69, 9.17) is 15.3 Å². The number of hydrogen-bond donors (Lipinski definition) is 3. The van der Waals surface area contributed by atoms with Gasteiger partial charge in [0.05, 0.1) is 0 Å². The minimum atomic E-state index is -2.91. The number of hydrogen-bond acceptors (Lipinski definition) is 3. The number of rotatable bonds is 0. The molecule has 0 amide bonds. The molecule has 0 spiro atoms. The lowest BCUT2D eigenvalue weighted by Crippen LogP contribution is -2.24. The second kappa shape index (κ2) is 3.37. The number of benzene rings is 1. The molecular weight excluding hydrogens is 156 g/mol. The van der Waals surface area contributed by atoms with E-state index >= 15 is 0 Å². The van der Waals surface area contributed by atoms with E-state index in [2.05, 4.69) is 5.92 Å². The zero-order chi connectivity index (χ0) is 9.03. The van der Waals surface area contributed by atoms with Crippen LogP contribution in [0.25, 0.3) is 0 Å². The molecule has 3 heteroatoms. The van der Waals surface area contributed by atoms with Crippen LogP contribution in [0.1, 0.15) is 5.56 Å². The Hall–Kier alpha value is -1.34.